The molecule has 0 amide bonds. The Kier molecular flexibility index (Phi) is 5.14. The summed E-state index contributed by atoms with van der Waals surface area (Å²) in [5.74, 6) is 0.515. The average molecular weight is 220 g/mol. The zero-order chi connectivity index (χ0) is 10.4. The third-order valence-electron chi connectivity index (χ3n) is 2.74. The molecule has 3 nitrogen and oxygen atoms in total. The van der Waals surface area contributed by atoms with Crippen LogP contribution in [0.15, 0.2) is 0 Å². The molecule has 0 radical (unpaired) electrons. The van der Waals surface area contributed by atoms with Crippen LogP contribution in [0.25, 0.3) is 0 Å². The van der Waals surface area contributed by atoms with Crippen LogP contribution in [-0.4, -0.2) is 17.7 Å². The molecule has 0 spiro atoms. The van der Waals surface area contributed by atoms with Gasteiger partial charge in [-0.05, 0) is 25.2 Å². The van der Waals surface area contributed by atoms with E-state index in [9.17, 15) is 9.46 Å². The van der Waals surface area contributed by atoms with Crippen LogP contribution in [0, 0.1) is 5.92 Å². The second-order valence-electron chi connectivity index (χ2n) is 4.16. The van der Waals surface area contributed by atoms with E-state index >= 15 is 0 Å². The average Bonchev–Trinajstić information content (AvgIpc) is 2.17. The van der Waals surface area contributed by atoms with E-state index < -0.39 is 7.60 Å². The lowest BCUT2D eigenvalue weighted by Gasteiger charge is -2.22. The largest absolute Gasteiger partial charge is 0.328 e. The van der Waals surface area contributed by atoms with Crippen molar-refractivity contribution < 1.29 is 14.0 Å². The molecule has 1 aliphatic carbocycles. The fourth-order valence-electron chi connectivity index (χ4n) is 1.92. The van der Waals surface area contributed by atoms with E-state index in [2.05, 4.69) is 0 Å². The fourth-order valence-corrected chi connectivity index (χ4v) is 3.06. The van der Waals surface area contributed by atoms with Gasteiger partial charge >= 0.3 is 7.60 Å². The second-order valence-corrected chi connectivity index (χ2v) is 6.14. The molecule has 1 fully saturated rings. The first-order valence-electron chi connectivity index (χ1n) is 5.60. The summed E-state index contributed by atoms with van der Waals surface area (Å²) < 4.78 is 16.5. The molecule has 0 aliphatic heterocycles. The third-order valence-corrected chi connectivity index (χ3v) is 4.31. The van der Waals surface area contributed by atoms with Crippen molar-refractivity contribution in [3.8, 4) is 0 Å². The summed E-state index contributed by atoms with van der Waals surface area (Å²) >= 11 is 0. The zero-order valence-corrected chi connectivity index (χ0v) is 9.84. The molecule has 1 aliphatic rings. The Labute approximate surface area is 86.4 Å². The molecule has 0 aromatic carbocycles. The molecule has 0 heterocycles. The molecule has 0 aromatic heterocycles. The van der Waals surface area contributed by atoms with Crippen LogP contribution in [0.3, 0.4) is 0 Å². The van der Waals surface area contributed by atoms with Gasteiger partial charge < -0.3 is 9.42 Å². The van der Waals surface area contributed by atoms with Crippen molar-refractivity contribution >= 4 is 7.60 Å². The maximum Gasteiger partial charge on any atom is 0.328 e. The van der Waals surface area contributed by atoms with Gasteiger partial charge in [-0.3, -0.25) is 4.57 Å². The normalized spacial score (nSPS) is 23.3. The van der Waals surface area contributed by atoms with Crippen molar-refractivity contribution in [2.45, 2.75) is 45.4 Å². The Bertz CT molecular complexity index is 200. The maximum absolute atomic E-state index is 11.4. The van der Waals surface area contributed by atoms with Gasteiger partial charge in [0.25, 0.3) is 0 Å². The van der Waals surface area contributed by atoms with E-state index in [0.29, 0.717) is 25.1 Å². The summed E-state index contributed by atoms with van der Waals surface area (Å²) in [6, 6.07) is 0. The number of hydrogen-bond acceptors (Lipinski definition) is 2. The molecule has 1 atom stereocenters. The van der Waals surface area contributed by atoms with Crippen LogP contribution >= 0.6 is 7.60 Å². The molecule has 14 heavy (non-hydrogen) atoms. The van der Waals surface area contributed by atoms with Gasteiger partial charge in [-0.1, -0.05) is 26.2 Å². The standard InChI is InChI=1S/C10H21O3P/c1-2-8-14(11,12)13-9-10-6-4-3-5-7-10/h10H,2-9H2,1H3,(H,11,12). The Hall–Kier alpha value is 0.150. The van der Waals surface area contributed by atoms with Gasteiger partial charge in [0.05, 0.1) is 6.61 Å². The van der Waals surface area contributed by atoms with Crippen molar-refractivity contribution in [3.05, 3.63) is 0 Å². The van der Waals surface area contributed by atoms with Gasteiger partial charge in [0.2, 0.25) is 0 Å². The van der Waals surface area contributed by atoms with Crippen molar-refractivity contribution in [1.29, 1.82) is 0 Å². The van der Waals surface area contributed by atoms with Crippen molar-refractivity contribution in [1.82, 2.24) is 0 Å². The highest BCUT2D eigenvalue weighted by molar-refractivity contribution is 7.52. The molecule has 1 N–H and O–H groups in total. The van der Waals surface area contributed by atoms with E-state index in [1.54, 1.807) is 0 Å². The first-order valence-corrected chi connectivity index (χ1v) is 7.36. The van der Waals surface area contributed by atoms with E-state index in [0.717, 1.165) is 12.8 Å². The second kappa shape index (κ2) is 5.89. The van der Waals surface area contributed by atoms with Crippen LogP contribution in [0.5, 0.6) is 0 Å². The molecule has 1 rings (SSSR count). The van der Waals surface area contributed by atoms with Gasteiger partial charge in [0, 0.05) is 6.16 Å². The highest BCUT2D eigenvalue weighted by Crippen LogP contribution is 2.43. The predicted octanol–water partition coefficient (Wildman–Crippen LogP) is 3.18. The van der Waals surface area contributed by atoms with E-state index in [-0.39, 0.29) is 0 Å². The van der Waals surface area contributed by atoms with Gasteiger partial charge in [-0.2, -0.15) is 0 Å². The van der Waals surface area contributed by atoms with Crippen molar-refractivity contribution in [2.24, 2.45) is 5.92 Å². The molecule has 1 unspecified atom stereocenters. The summed E-state index contributed by atoms with van der Waals surface area (Å²) in [5, 5.41) is 0. The van der Waals surface area contributed by atoms with Crippen LogP contribution in [0.4, 0.5) is 0 Å². The van der Waals surface area contributed by atoms with Gasteiger partial charge in [-0.15, -0.1) is 0 Å². The summed E-state index contributed by atoms with van der Waals surface area (Å²) in [6.07, 6.45) is 7.12. The van der Waals surface area contributed by atoms with Crippen LogP contribution in [0.2, 0.25) is 0 Å². The van der Waals surface area contributed by atoms with Gasteiger partial charge in [0.15, 0.2) is 0 Å². The lowest BCUT2D eigenvalue weighted by molar-refractivity contribution is 0.186. The summed E-state index contributed by atoms with van der Waals surface area (Å²) in [4.78, 5) is 9.38. The molecule has 0 saturated heterocycles. The molecule has 1 saturated carbocycles. The van der Waals surface area contributed by atoms with E-state index in [1.807, 2.05) is 6.92 Å². The minimum Gasteiger partial charge on any atom is -0.324 e. The van der Waals surface area contributed by atoms with Gasteiger partial charge in [0.1, 0.15) is 0 Å². The Balaban J connectivity index is 2.21. The first-order chi connectivity index (χ1) is 6.64. The number of rotatable bonds is 5. The molecule has 0 aromatic rings. The molecule has 4 heteroatoms. The number of hydrogen-bond donors (Lipinski definition) is 1. The third kappa shape index (κ3) is 4.59. The Morgan fingerprint density at radius 1 is 1.36 bits per heavy atom. The van der Waals surface area contributed by atoms with Crippen molar-refractivity contribution in [2.75, 3.05) is 12.8 Å². The topological polar surface area (TPSA) is 46.5 Å². The smallest absolute Gasteiger partial charge is 0.324 e. The Morgan fingerprint density at radius 2 is 2.00 bits per heavy atom. The van der Waals surface area contributed by atoms with Crippen LogP contribution in [-0.2, 0) is 9.09 Å². The highest BCUT2D eigenvalue weighted by Gasteiger charge is 2.21. The Morgan fingerprint density at radius 3 is 2.57 bits per heavy atom. The molecular weight excluding hydrogens is 199 g/mol. The van der Waals surface area contributed by atoms with Crippen LogP contribution in [0.1, 0.15) is 45.4 Å². The lowest BCUT2D eigenvalue weighted by atomic mass is 9.90. The quantitative estimate of drug-likeness (QED) is 0.724. The van der Waals surface area contributed by atoms with E-state index in [4.69, 9.17) is 4.52 Å². The summed E-state index contributed by atoms with van der Waals surface area (Å²) in [7, 11) is -3.26. The zero-order valence-electron chi connectivity index (χ0n) is 8.95. The lowest BCUT2D eigenvalue weighted by Crippen LogP contribution is -2.12. The molecule has 0 bridgehead atoms. The highest BCUT2D eigenvalue weighted by atomic mass is 31.2. The fraction of sp³-hybridized carbons (Fsp3) is 1.00. The maximum atomic E-state index is 11.4. The van der Waals surface area contributed by atoms with Crippen LogP contribution < -0.4 is 0 Å². The SMILES string of the molecule is CCCP(=O)(O)OCC1CCCCC1. The minimum absolute atomic E-state index is 0.291. The minimum atomic E-state index is -3.26. The van der Waals surface area contributed by atoms with E-state index in [1.165, 1.54) is 19.3 Å². The summed E-state index contributed by atoms with van der Waals surface area (Å²) in [5.41, 5.74) is 0. The first kappa shape index (κ1) is 12.2. The monoisotopic (exact) mass is 220 g/mol. The molecular formula is C10H21O3P. The summed E-state index contributed by atoms with van der Waals surface area (Å²) in [6.45, 7) is 2.38. The van der Waals surface area contributed by atoms with Crippen molar-refractivity contribution in [3.63, 3.8) is 0 Å². The molecule has 84 valence electrons. The van der Waals surface area contributed by atoms with Gasteiger partial charge in [-0.25, -0.2) is 0 Å². The predicted molar refractivity (Wildman–Crippen MR) is 57.5 cm³/mol.